The number of nitrogens with one attached hydrogen (secondary N) is 1. The summed E-state index contributed by atoms with van der Waals surface area (Å²) in [5, 5.41) is 3.56. The number of nitrogens with zero attached hydrogens (tertiary/aromatic N) is 1. The molecular formula is C16H30N2O. The summed E-state index contributed by atoms with van der Waals surface area (Å²) in [6.45, 7) is 6.81. The second kappa shape index (κ2) is 6.11. The van der Waals surface area contributed by atoms with Crippen molar-refractivity contribution in [1.29, 1.82) is 0 Å². The Morgan fingerprint density at radius 3 is 2.84 bits per heavy atom. The Labute approximate surface area is 118 Å². The molecule has 110 valence electrons. The van der Waals surface area contributed by atoms with Crippen molar-refractivity contribution in [2.24, 2.45) is 0 Å². The molecule has 3 heteroatoms. The highest BCUT2D eigenvalue weighted by Gasteiger charge is 2.44. The van der Waals surface area contributed by atoms with Gasteiger partial charge in [0.15, 0.2) is 0 Å². The predicted molar refractivity (Wildman–Crippen MR) is 78.4 cm³/mol. The van der Waals surface area contributed by atoms with Crippen molar-refractivity contribution in [2.75, 3.05) is 26.2 Å². The molecule has 0 radical (unpaired) electrons. The van der Waals surface area contributed by atoms with Gasteiger partial charge in [-0.1, -0.05) is 13.3 Å². The van der Waals surface area contributed by atoms with Crippen molar-refractivity contribution in [3.05, 3.63) is 0 Å². The summed E-state index contributed by atoms with van der Waals surface area (Å²) in [6, 6.07) is 1.56. The highest BCUT2D eigenvalue weighted by Crippen LogP contribution is 2.44. The maximum atomic E-state index is 6.10. The molecule has 2 saturated heterocycles. The summed E-state index contributed by atoms with van der Waals surface area (Å²) in [5.41, 5.74) is 0.295. The topological polar surface area (TPSA) is 24.5 Å². The van der Waals surface area contributed by atoms with Gasteiger partial charge < -0.3 is 10.1 Å². The SMILES string of the molecule is CCNCC1CCCCN1C1CCOC2(CCC2)C1. The number of likely N-dealkylation sites (N-methyl/N-ethyl adjacent to an activating group) is 1. The number of rotatable bonds is 4. The van der Waals surface area contributed by atoms with Crippen molar-refractivity contribution in [2.45, 2.75) is 76.0 Å². The first-order chi connectivity index (χ1) is 9.33. The average molecular weight is 266 g/mol. The number of hydrogen-bond donors (Lipinski definition) is 1. The van der Waals surface area contributed by atoms with Gasteiger partial charge in [0.25, 0.3) is 0 Å². The van der Waals surface area contributed by atoms with Crippen LogP contribution in [0.4, 0.5) is 0 Å². The molecule has 1 N–H and O–H groups in total. The number of likely N-dealkylation sites (tertiary alicyclic amines) is 1. The third-order valence-electron chi connectivity index (χ3n) is 5.50. The molecule has 1 aliphatic carbocycles. The fraction of sp³-hybridized carbons (Fsp3) is 1.00. The van der Waals surface area contributed by atoms with E-state index in [2.05, 4.69) is 17.1 Å². The minimum Gasteiger partial charge on any atom is -0.375 e. The predicted octanol–water partition coefficient (Wildman–Crippen LogP) is 2.55. The van der Waals surface area contributed by atoms with Crippen molar-refractivity contribution in [3.8, 4) is 0 Å². The molecule has 3 fully saturated rings. The van der Waals surface area contributed by atoms with Crippen molar-refractivity contribution in [3.63, 3.8) is 0 Å². The van der Waals surface area contributed by atoms with E-state index >= 15 is 0 Å². The largest absolute Gasteiger partial charge is 0.375 e. The van der Waals surface area contributed by atoms with Crippen molar-refractivity contribution >= 4 is 0 Å². The maximum absolute atomic E-state index is 6.10. The number of hydrogen-bond acceptors (Lipinski definition) is 3. The fourth-order valence-electron chi connectivity index (χ4n) is 4.24. The molecular weight excluding hydrogens is 236 g/mol. The zero-order valence-corrected chi connectivity index (χ0v) is 12.5. The minimum atomic E-state index is 0.295. The van der Waals surface area contributed by atoms with Crippen LogP contribution < -0.4 is 5.32 Å². The molecule has 2 heterocycles. The standard InChI is InChI=1S/C16H30N2O/c1-2-17-13-15-6-3-4-10-18(15)14-7-11-19-16(12-14)8-5-9-16/h14-15,17H,2-13H2,1H3. The maximum Gasteiger partial charge on any atom is 0.0697 e. The van der Waals surface area contributed by atoms with Gasteiger partial charge in [0.05, 0.1) is 5.60 Å². The molecule has 2 unspecified atom stereocenters. The highest BCUT2D eigenvalue weighted by atomic mass is 16.5. The van der Waals surface area contributed by atoms with E-state index in [4.69, 9.17) is 4.74 Å². The molecule has 0 bridgehead atoms. The molecule has 3 aliphatic rings. The zero-order chi connectivity index (χ0) is 13.1. The third-order valence-corrected chi connectivity index (χ3v) is 5.50. The van der Waals surface area contributed by atoms with Crippen molar-refractivity contribution < 1.29 is 4.74 Å². The number of piperidine rings is 1. The van der Waals surface area contributed by atoms with E-state index in [0.29, 0.717) is 5.60 Å². The molecule has 19 heavy (non-hydrogen) atoms. The summed E-state index contributed by atoms with van der Waals surface area (Å²) in [4.78, 5) is 2.83. The molecule has 0 aromatic rings. The summed E-state index contributed by atoms with van der Waals surface area (Å²) in [7, 11) is 0. The van der Waals surface area contributed by atoms with Crippen LogP contribution in [-0.2, 0) is 4.74 Å². The Morgan fingerprint density at radius 1 is 1.21 bits per heavy atom. The Hall–Kier alpha value is -0.120. The van der Waals surface area contributed by atoms with Crippen LogP contribution in [0.1, 0.15) is 58.3 Å². The first kappa shape index (κ1) is 13.8. The Morgan fingerprint density at radius 2 is 2.11 bits per heavy atom. The van der Waals surface area contributed by atoms with Crippen LogP contribution in [0.15, 0.2) is 0 Å². The lowest BCUT2D eigenvalue weighted by molar-refractivity contribution is -0.153. The van der Waals surface area contributed by atoms with Crippen LogP contribution >= 0.6 is 0 Å². The number of ether oxygens (including phenoxy) is 1. The van der Waals surface area contributed by atoms with Crippen LogP contribution in [0.5, 0.6) is 0 Å². The van der Waals surface area contributed by atoms with Gasteiger partial charge in [-0.25, -0.2) is 0 Å². The highest BCUT2D eigenvalue weighted by molar-refractivity contribution is 4.98. The second-order valence-corrected chi connectivity index (χ2v) is 6.73. The van der Waals surface area contributed by atoms with E-state index in [1.54, 1.807) is 0 Å². The first-order valence-corrected chi connectivity index (χ1v) is 8.43. The van der Waals surface area contributed by atoms with Crippen molar-refractivity contribution in [1.82, 2.24) is 10.2 Å². The molecule has 2 atom stereocenters. The van der Waals surface area contributed by atoms with Gasteiger partial charge in [0, 0.05) is 25.2 Å². The molecule has 2 aliphatic heterocycles. The van der Waals surface area contributed by atoms with Crippen LogP contribution in [0.25, 0.3) is 0 Å². The molecule has 1 saturated carbocycles. The summed E-state index contributed by atoms with van der Waals surface area (Å²) in [5.74, 6) is 0. The Kier molecular flexibility index (Phi) is 4.45. The van der Waals surface area contributed by atoms with Gasteiger partial charge in [-0.15, -0.1) is 0 Å². The Bertz CT molecular complexity index is 290. The lowest BCUT2D eigenvalue weighted by Crippen LogP contribution is -2.57. The minimum absolute atomic E-state index is 0.295. The summed E-state index contributed by atoms with van der Waals surface area (Å²) < 4.78 is 6.10. The smallest absolute Gasteiger partial charge is 0.0697 e. The van der Waals surface area contributed by atoms with E-state index in [0.717, 1.165) is 25.2 Å². The van der Waals surface area contributed by atoms with Gasteiger partial charge in [-0.3, -0.25) is 4.90 Å². The molecule has 1 spiro atoms. The van der Waals surface area contributed by atoms with Gasteiger partial charge in [0.2, 0.25) is 0 Å². The average Bonchev–Trinajstić information content (AvgIpc) is 2.44. The third kappa shape index (κ3) is 2.98. The van der Waals surface area contributed by atoms with E-state index in [1.165, 1.54) is 64.5 Å². The monoisotopic (exact) mass is 266 g/mol. The molecule has 0 amide bonds. The summed E-state index contributed by atoms with van der Waals surface area (Å²) >= 11 is 0. The van der Waals surface area contributed by atoms with Crippen LogP contribution in [0, 0.1) is 0 Å². The normalized spacial score (nSPS) is 35.2. The lowest BCUT2D eigenvalue weighted by Gasteiger charge is -2.52. The zero-order valence-electron chi connectivity index (χ0n) is 12.5. The van der Waals surface area contributed by atoms with Gasteiger partial charge in [0.1, 0.15) is 0 Å². The Balaban J connectivity index is 1.61. The first-order valence-electron chi connectivity index (χ1n) is 8.43. The second-order valence-electron chi connectivity index (χ2n) is 6.73. The van der Waals surface area contributed by atoms with E-state index < -0.39 is 0 Å². The van der Waals surface area contributed by atoms with Crippen LogP contribution in [0.3, 0.4) is 0 Å². The van der Waals surface area contributed by atoms with E-state index in [9.17, 15) is 0 Å². The molecule has 0 aromatic carbocycles. The van der Waals surface area contributed by atoms with Crippen LogP contribution in [0.2, 0.25) is 0 Å². The van der Waals surface area contributed by atoms with Gasteiger partial charge in [-0.2, -0.15) is 0 Å². The fourth-order valence-corrected chi connectivity index (χ4v) is 4.24. The van der Waals surface area contributed by atoms with Crippen LogP contribution in [-0.4, -0.2) is 48.8 Å². The quantitative estimate of drug-likeness (QED) is 0.846. The van der Waals surface area contributed by atoms with Gasteiger partial charge in [-0.05, 0) is 58.0 Å². The lowest BCUT2D eigenvalue weighted by atomic mass is 9.73. The summed E-state index contributed by atoms with van der Waals surface area (Å²) in [6.07, 6.45) is 10.8. The van der Waals surface area contributed by atoms with E-state index in [1.807, 2.05) is 0 Å². The molecule has 3 rings (SSSR count). The molecule has 0 aromatic heterocycles. The van der Waals surface area contributed by atoms with E-state index in [-0.39, 0.29) is 0 Å². The molecule has 3 nitrogen and oxygen atoms in total. The van der Waals surface area contributed by atoms with Gasteiger partial charge >= 0.3 is 0 Å².